The maximum absolute atomic E-state index is 13.1. The second-order valence-corrected chi connectivity index (χ2v) is 3.41. The Balaban J connectivity index is 2.71. The molecule has 0 spiro atoms. The summed E-state index contributed by atoms with van der Waals surface area (Å²) in [6.07, 6.45) is 0. The summed E-state index contributed by atoms with van der Waals surface area (Å²) in [5.41, 5.74) is 1.48. The molecule has 1 atom stereocenters. The van der Waals surface area contributed by atoms with Crippen LogP contribution in [0.5, 0.6) is 0 Å². The molecule has 14 heavy (non-hydrogen) atoms. The highest BCUT2D eigenvalue weighted by molar-refractivity contribution is 5.51. The molecule has 1 aromatic carbocycles. The van der Waals surface area contributed by atoms with Crippen molar-refractivity contribution in [1.82, 2.24) is 0 Å². The average molecular weight is 197 g/mol. The van der Waals surface area contributed by atoms with Gasteiger partial charge in [0.1, 0.15) is 5.82 Å². The topological polar surface area (TPSA) is 21.3 Å². The molecule has 1 aromatic rings. The van der Waals surface area contributed by atoms with Gasteiger partial charge in [0, 0.05) is 24.4 Å². The molecule has 0 heterocycles. The van der Waals surface area contributed by atoms with Gasteiger partial charge in [0.25, 0.3) is 0 Å². The number of hydrogen-bond donors (Lipinski definition) is 1. The van der Waals surface area contributed by atoms with Crippen LogP contribution in [0.4, 0.5) is 10.1 Å². The summed E-state index contributed by atoms with van der Waals surface area (Å²) >= 11 is 0. The van der Waals surface area contributed by atoms with Gasteiger partial charge in [-0.05, 0) is 26.0 Å². The van der Waals surface area contributed by atoms with Crippen molar-refractivity contribution >= 4 is 5.69 Å². The first kappa shape index (κ1) is 11.0. The summed E-state index contributed by atoms with van der Waals surface area (Å²) in [6.45, 7) is 4.36. The van der Waals surface area contributed by atoms with Crippen molar-refractivity contribution < 1.29 is 9.13 Å². The number of halogens is 1. The Morgan fingerprint density at radius 1 is 1.50 bits per heavy atom. The average Bonchev–Trinajstić information content (AvgIpc) is 2.13. The van der Waals surface area contributed by atoms with Gasteiger partial charge in [-0.25, -0.2) is 4.39 Å². The molecular weight excluding hydrogens is 181 g/mol. The van der Waals surface area contributed by atoms with Gasteiger partial charge in [0.05, 0.1) is 6.61 Å². The normalized spacial score (nSPS) is 12.6. The Hall–Kier alpha value is -1.09. The van der Waals surface area contributed by atoms with Crippen LogP contribution in [0.25, 0.3) is 0 Å². The minimum absolute atomic E-state index is 0.181. The van der Waals surface area contributed by atoms with Gasteiger partial charge in [-0.2, -0.15) is 0 Å². The minimum atomic E-state index is -0.181. The first-order chi connectivity index (χ1) is 6.65. The Kier molecular flexibility index (Phi) is 3.89. The zero-order valence-electron chi connectivity index (χ0n) is 8.80. The van der Waals surface area contributed by atoms with E-state index in [0.29, 0.717) is 12.2 Å². The fourth-order valence-electron chi connectivity index (χ4n) is 1.32. The fourth-order valence-corrected chi connectivity index (χ4v) is 1.32. The molecule has 1 rings (SSSR count). The largest absolute Gasteiger partial charge is 0.383 e. The molecule has 0 aromatic heterocycles. The van der Waals surface area contributed by atoms with Crippen LogP contribution in [-0.2, 0) is 4.74 Å². The summed E-state index contributed by atoms with van der Waals surface area (Å²) in [5, 5.41) is 3.19. The molecule has 0 saturated carbocycles. The number of anilines is 1. The lowest BCUT2D eigenvalue weighted by molar-refractivity contribution is 0.190. The summed E-state index contributed by atoms with van der Waals surface area (Å²) < 4.78 is 18.1. The highest BCUT2D eigenvalue weighted by atomic mass is 19.1. The summed E-state index contributed by atoms with van der Waals surface area (Å²) in [4.78, 5) is 0. The predicted octanol–water partition coefficient (Wildman–Crippen LogP) is 2.58. The Morgan fingerprint density at radius 2 is 2.21 bits per heavy atom. The third-order valence-electron chi connectivity index (χ3n) is 2.09. The van der Waals surface area contributed by atoms with Crippen LogP contribution in [0.2, 0.25) is 0 Å². The molecule has 78 valence electrons. The molecule has 0 bridgehead atoms. The maximum atomic E-state index is 13.1. The van der Waals surface area contributed by atoms with Crippen LogP contribution in [0.15, 0.2) is 18.2 Å². The van der Waals surface area contributed by atoms with Crippen molar-refractivity contribution in [3.63, 3.8) is 0 Å². The van der Waals surface area contributed by atoms with E-state index in [0.717, 1.165) is 5.69 Å². The highest BCUT2D eigenvalue weighted by Crippen LogP contribution is 2.18. The molecule has 0 aliphatic heterocycles. The number of hydrogen-bond acceptors (Lipinski definition) is 2. The summed E-state index contributed by atoms with van der Waals surface area (Å²) in [6, 6.07) is 5.21. The van der Waals surface area contributed by atoms with Gasteiger partial charge in [-0.1, -0.05) is 6.07 Å². The number of ether oxygens (including phenoxy) is 1. The van der Waals surface area contributed by atoms with E-state index < -0.39 is 0 Å². The SMILES string of the molecule is COC[C@H](C)Nc1cccc(F)c1C. The molecule has 2 nitrogen and oxygen atoms in total. The van der Waals surface area contributed by atoms with Gasteiger partial charge < -0.3 is 10.1 Å². The van der Waals surface area contributed by atoms with Crippen LogP contribution in [0.3, 0.4) is 0 Å². The molecule has 0 aliphatic carbocycles. The van der Waals surface area contributed by atoms with E-state index in [-0.39, 0.29) is 11.9 Å². The Morgan fingerprint density at radius 3 is 2.86 bits per heavy atom. The van der Waals surface area contributed by atoms with Crippen molar-refractivity contribution in [2.75, 3.05) is 19.0 Å². The van der Waals surface area contributed by atoms with Crippen LogP contribution >= 0.6 is 0 Å². The monoisotopic (exact) mass is 197 g/mol. The summed E-state index contributed by atoms with van der Waals surface area (Å²) in [7, 11) is 1.65. The van der Waals surface area contributed by atoms with E-state index in [1.165, 1.54) is 6.07 Å². The molecule has 0 fully saturated rings. The second kappa shape index (κ2) is 4.96. The predicted molar refractivity (Wildman–Crippen MR) is 56.1 cm³/mol. The van der Waals surface area contributed by atoms with Crippen molar-refractivity contribution in [1.29, 1.82) is 0 Å². The lowest BCUT2D eigenvalue weighted by atomic mass is 10.1. The Bertz CT molecular complexity index is 301. The van der Waals surface area contributed by atoms with E-state index >= 15 is 0 Å². The Labute approximate surface area is 84.1 Å². The number of benzene rings is 1. The van der Waals surface area contributed by atoms with E-state index in [4.69, 9.17) is 4.74 Å². The van der Waals surface area contributed by atoms with Gasteiger partial charge in [-0.15, -0.1) is 0 Å². The molecule has 0 amide bonds. The molecule has 0 aliphatic rings. The zero-order valence-corrected chi connectivity index (χ0v) is 8.80. The smallest absolute Gasteiger partial charge is 0.128 e. The number of nitrogens with one attached hydrogen (secondary N) is 1. The van der Waals surface area contributed by atoms with Gasteiger partial charge in [0.2, 0.25) is 0 Å². The van der Waals surface area contributed by atoms with Crippen LogP contribution in [-0.4, -0.2) is 19.8 Å². The number of methoxy groups -OCH3 is 1. The highest BCUT2D eigenvalue weighted by Gasteiger charge is 2.06. The first-order valence-electron chi connectivity index (χ1n) is 4.65. The number of rotatable bonds is 4. The standard InChI is InChI=1S/C11H16FNO/c1-8(7-14-3)13-11-6-4-5-10(12)9(11)2/h4-6,8,13H,7H2,1-3H3/t8-/m0/s1. The van der Waals surface area contributed by atoms with Crippen LogP contribution in [0, 0.1) is 12.7 Å². The van der Waals surface area contributed by atoms with E-state index in [1.807, 2.05) is 13.0 Å². The second-order valence-electron chi connectivity index (χ2n) is 3.41. The van der Waals surface area contributed by atoms with Gasteiger partial charge in [-0.3, -0.25) is 0 Å². The fraction of sp³-hybridized carbons (Fsp3) is 0.455. The van der Waals surface area contributed by atoms with Crippen molar-refractivity contribution in [3.05, 3.63) is 29.6 Å². The molecule has 0 radical (unpaired) electrons. The van der Waals surface area contributed by atoms with Crippen molar-refractivity contribution in [2.45, 2.75) is 19.9 Å². The quantitative estimate of drug-likeness (QED) is 0.801. The lowest BCUT2D eigenvalue weighted by Crippen LogP contribution is -2.21. The molecule has 3 heteroatoms. The third-order valence-corrected chi connectivity index (χ3v) is 2.09. The summed E-state index contributed by atoms with van der Waals surface area (Å²) in [5.74, 6) is -0.181. The van der Waals surface area contributed by atoms with Crippen molar-refractivity contribution in [3.8, 4) is 0 Å². The minimum Gasteiger partial charge on any atom is -0.383 e. The van der Waals surface area contributed by atoms with Gasteiger partial charge >= 0.3 is 0 Å². The molecule has 0 unspecified atom stereocenters. The van der Waals surface area contributed by atoms with Crippen LogP contribution in [0.1, 0.15) is 12.5 Å². The van der Waals surface area contributed by atoms with Crippen LogP contribution < -0.4 is 5.32 Å². The molecule has 1 N–H and O–H groups in total. The maximum Gasteiger partial charge on any atom is 0.128 e. The van der Waals surface area contributed by atoms with Gasteiger partial charge in [0.15, 0.2) is 0 Å². The van der Waals surface area contributed by atoms with E-state index in [9.17, 15) is 4.39 Å². The zero-order chi connectivity index (χ0) is 10.6. The third kappa shape index (κ3) is 2.70. The lowest BCUT2D eigenvalue weighted by Gasteiger charge is -2.16. The molecule has 0 saturated heterocycles. The van der Waals surface area contributed by atoms with E-state index in [2.05, 4.69) is 5.32 Å². The first-order valence-corrected chi connectivity index (χ1v) is 4.65. The molecular formula is C11H16FNO. The van der Waals surface area contributed by atoms with E-state index in [1.54, 1.807) is 20.1 Å². The van der Waals surface area contributed by atoms with Crippen molar-refractivity contribution in [2.24, 2.45) is 0 Å².